The summed E-state index contributed by atoms with van der Waals surface area (Å²) in [5.74, 6) is 1.54. The van der Waals surface area contributed by atoms with Gasteiger partial charge in [0.05, 0.1) is 12.9 Å². The number of pyridine rings is 1. The lowest BCUT2D eigenvalue weighted by atomic mass is 10.0. The largest absolute Gasteiger partial charge is 0.493 e. The number of rotatable bonds is 6. The molecule has 1 N–H and O–H groups in total. The van der Waals surface area contributed by atoms with Crippen molar-refractivity contribution in [3.8, 4) is 16.9 Å². The summed E-state index contributed by atoms with van der Waals surface area (Å²) in [4.78, 5) is 16.8. The molecular weight excluding hydrogens is 382 g/mol. The topological polar surface area (TPSA) is 103 Å². The van der Waals surface area contributed by atoms with Crippen LogP contribution in [-0.4, -0.2) is 30.8 Å². The highest BCUT2D eigenvalue weighted by Crippen LogP contribution is 2.38. The van der Waals surface area contributed by atoms with E-state index in [0.717, 1.165) is 19.1 Å². The predicted molar refractivity (Wildman–Crippen MR) is 106 cm³/mol. The second kappa shape index (κ2) is 6.66. The van der Waals surface area contributed by atoms with Crippen molar-refractivity contribution in [3.63, 3.8) is 0 Å². The molecule has 0 amide bonds. The van der Waals surface area contributed by atoms with Gasteiger partial charge in [0.25, 0.3) is 5.56 Å². The van der Waals surface area contributed by atoms with Crippen LogP contribution >= 0.6 is 0 Å². The van der Waals surface area contributed by atoms with Crippen LogP contribution in [0.1, 0.15) is 18.7 Å². The van der Waals surface area contributed by atoms with Crippen LogP contribution in [0.15, 0.2) is 33.6 Å². The minimum Gasteiger partial charge on any atom is -0.493 e. The lowest BCUT2D eigenvalue weighted by molar-refractivity contribution is 0.301. The first-order chi connectivity index (χ1) is 13.2. The van der Waals surface area contributed by atoms with Crippen molar-refractivity contribution in [3.05, 3.63) is 40.6 Å². The van der Waals surface area contributed by atoms with Gasteiger partial charge < -0.3 is 13.7 Å². The molecule has 2 aromatic heterocycles. The molecule has 0 unspecified atom stereocenters. The molecule has 0 radical (unpaired) electrons. The SMILES string of the molecule is Cc1nc2c(-c3cc(NS(C)(=O)=O)ccc3OCC3CC3)cn(C)c(=O)c2o1. The number of ether oxygens (including phenoxy) is 1. The first-order valence-electron chi connectivity index (χ1n) is 8.93. The van der Waals surface area contributed by atoms with Gasteiger partial charge in [-0.1, -0.05) is 0 Å². The van der Waals surface area contributed by atoms with E-state index >= 15 is 0 Å². The highest BCUT2D eigenvalue weighted by Gasteiger charge is 2.24. The fraction of sp³-hybridized carbons (Fsp3) is 0.368. The normalized spacial score (nSPS) is 14.4. The number of nitrogens with zero attached hydrogens (tertiary/aromatic N) is 2. The fourth-order valence-electron chi connectivity index (χ4n) is 3.06. The maximum atomic E-state index is 12.4. The zero-order valence-electron chi connectivity index (χ0n) is 15.9. The lowest BCUT2D eigenvalue weighted by Crippen LogP contribution is -2.16. The molecule has 0 saturated heterocycles. The molecule has 1 saturated carbocycles. The Morgan fingerprint density at radius 2 is 2.07 bits per heavy atom. The highest BCUT2D eigenvalue weighted by molar-refractivity contribution is 7.92. The standard InChI is InChI=1S/C19H21N3O5S/c1-11-20-17-15(9-22(2)19(23)18(17)27-11)14-8-13(21-28(3,24)25)6-7-16(14)26-10-12-4-5-12/h6-9,12,21H,4-5,10H2,1-3H3. The molecule has 8 nitrogen and oxygen atoms in total. The average Bonchev–Trinajstić information content (AvgIpc) is 3.35. The van der Waals surface area contributed by atoms with Crippen LogP contribution in [0.4, 0.5) is 5.69 Å². The Morgan fingerprint density at radius 3 is 2.75 bits per heavy atom. The zero-order chi connectivity index (χ0) is 20.1. The molecule has 0 bridgehead atoms. The molecule has 0 atom stereocenters. The fourth-order valence-corrected chi connectivity index (χ4v) is 3.62. The van der Waals surface area contributed by atoms with E-state index in [2.05, 4.69) is 9.71 Å². The number of hydrogen-bond acceptors (Lipinski definition) is 6. The molecule has 0 aliphatic heterocycles. The van der Waals surface area contributed by atoms with Crippen LogP contribution in [-0.2, 0) is 17.1 Å². The van der Waals surface area contributed by atoms with Gasteiger partial charge in [0.1, 0.15) is 11.3 Å². The number of nitrogens with one attached hydrogen (secondary N) is 1. The van der Waals surface area contributed by atoms with Crippen LogP contribution in [0.25, 0.3) is 22.2 Å². The summed E-state index contributed by atoms with van der Waals surface area (Å²) in [5.41, 5.74) is 1.98. The molecule has 148 valence electrons. The number of hydrogen-bond donors (Lipinski definition) is 1. The molecule has 0 spiro atoms. The molecule has 1 aliphatic carbocycles. The molecule has 4 rings (SSSR count). The molecule has 1 aliphatic rings. The summed E-state index contributed by atoms with van der Waals surface area (Å²) in [6.45, 7) is 2.27. The summed E-state index contributed by atoms with van der Waals surface area (Å²) in [6, 6.07) is 5.07. The van der Waals surface area contributed by atoms with Gasteiger partial charge in [-0.05, 0) is 37.0 Å². The third-order valence-electron chi connectivity index (χ3n) is 4.57. The smallest absolute Gasteiger partial charge is 0.295 e. The molecule has 28 heavy (non-hydrogen) atoms. The Balaban J connectivity index is 1.90. The minimum absolute atomic E-state index is 0.159. The Kier molecular flexibility index (Phi) is 4.41. The molecule has 2 heterocycles. The summed E-state index contributed by atoms with van der Waals surface area (Å²) >= 11 is 0. The number of sulfonamides is 1. The van der Waals surface area contributed by atoms with Gasteiger partial charge in [-0.2, -0.15) is 0 Å². The molecular formula is C19H21N3O5S. The van der Waals surface area contributed by atoms with Gasteiger partial charge in [-0.3, -0.25) is 9.52 Å². The molecule has 1 fully saturated rings. The lowest BCUT2D eigenvalue weighted by Gasteiger charge is -2.15. The second-order valence-electron chi connectivity index (χ2n) is 7.21. The monoisotopic (exact) mass is 403 g/mol. The van der Waals surface area contributed by atoms with Gasteiger partial charge >= 0.3 is 0 Å². The average molecular weight is 403 g/mol. The zero-order valence-corrected chi connectivity index (χ0v) is 16.7. The van der Waals surface area contributed by atoms with Gasteiger partial charge in [0.15, 0.2) is 5.89 Å². The van der Waals surface area contributed by atoms with E-state index in [4.69, 9.17) is 9.15 Å². The summed E-state index contributed by atoms with van der Waals surface area (Å²) in [6.07, 6.45) is 5.05. The van der Waals surface area contributed by atoms with Crippen molar-refractivity contribution in [1.82, 2.24) is 9.55 Å². The Bertz CT molecular complexity index is 1220. The third-order valence-corrected chi connectivity index (χ3v) is 5.18. The number of fused-ring (bicyclic) bond motifs is 1. The van der Waals surface area contributed by atoms with E-state index in [9.17, 15) is 13.2 Å². The van der Waals surface area contributed by atoms with E-state index in [-0.39, 0.29) is 11.1 Å². The predicted octanol–water partition coefficient (Wildman–Crippen LogP) is 2.66. The van der Waals surface area contributed by atoms with Crippen molar-refractivity contribution in [2.24, 2.45) is 13.0 Å². The van der Waals surface area contributed by atoms with Gasteiger partial charge in [0, 0.05) is 37.0 Å². The van der Waals surface area contributed by atoms with E-state index < -0.39 is 10.0 Å². The minimum atomic E-state index is -3.44. The van der Waals surface area contributed by atoms with E-state index in [1.54, 1.807) is 38.4 Å². The van der Waals surface area contributed by atoms with E-state index in [1.807, 2.05) is 0 Å². The van der Waals surface area contributed by atoms with E-state index in [0.29, 0.717) is 46.5 Å². The van der Waals surface area contributed by atoms with Gasteiger partial charge in [0.2, 0.25) is 15.6 Å². The number of benzene rings is 1. The van der Waals surface area contributed by atoms with Crippen LogP contribution in [0.2, 0.25) is 0 Å². The van der Waals surface area contributed by atoms with Gasteiger partial charge in [-0.15, -0.1) is 0 Å². The van der Waals surface area contributed by atoms with Crippen molar-refractivity contribution in [2.45, 2.75) is 19.8 Å². The Morgan fingerprint density at radius 1 is 1.32 bits per heavy atom. The summed E-state index contributed by atoms with van der Waals surface area (Å²) in [5, 5.41) is 0. The van der Waals surface area contributed by atoms with Crippen molar-refractivity contribution >= 4 is 26.8 Å². The van der Waals surface area contributed by atoms with Crippen LogP contribution in [0, 0.1) is 12.8 Å². The van der Waals surface area contributed by atoms with Crippen molar-refractivity contribution in [2.75, 3.05) is 17.6 Å². The van der Waals surface area contributed by atoms with Crippen molar-refractivity contribution < 1.29 is 17.6 Å². The van der Waals surface area contributed by atoms with Crippen LogP contribution in [0.3, 0.4) is 0 Å². The second-order valence-corrected chi connectivity index (χ2v) is 8.96. The maximum absolute atomic E-state index is 12.4. The maximum Gasteiger partial charge on any atom is 0.295 e. The highest BCUT2D eigenvalue weighted by atomic mass is 32.2. The summed E-state index contributed by atoms with van der Waals surface area (Å²) in [7, 11) is -1.81. The first-order valence-corrected chi connectivity index (χ1v) is 10.8. The number of aromatic nitrogens is 2. The summed E-state index contributed by atoms with van der Waals surface area (Å²) < 4.78 is 38.7. The quantitative estimate of drug-likeness (QED) is 0.679. The van der Waals surface area contributed by atoms with Crippen molar-refractivity contribution in [1.29, 1.82) is 0 Å². The van der Waals surface area contributed by atoms with E-state index in [1.165, 1.54) is 4.57 Å². The van der Waals surface area contributed by atoms with Crippen LogP contribution in [0.5, 0.6) is 5.75 Å². The third kappa shape index (κ3) is 3.75. The Labute approximate surface area is 162 Å². The molecule has 3 aromatic rings. The Hall–Kier alpha value is -2.81. The van der Waals surface area contributed by atoms with Crippen LogP contribution < -0.4 is 15.0 Å². The molecule has 9 heteroatoms. The molecule has 1 aromatic carbocycles. The number of aryl methyl sites for hydroxylation is 2. The number of anilines is 1. The van der Waals surface area contributed by atoms with Gasteiger partial charge in [-0.25, -0.2) is 13.4 Å². The first kappa shape index (κ1) is 18.5. The number of oxazole rings is 1.